The van der Waals surface area contributed by atoms with Gasteiger partial charge in [0.25, 0.3) is 0 Å². The first-order chi connectivity index (χ1) is 9.94. The summed E-state index contributed by atoms with van der Waals surface area (Å²) in [6, 6.07) is 8.74. The summed E-state index contributed by atoms with van der Waals surface area (Å²) >= 11 is 10.1. The standard InChI is InChI=1S/C14H7Br3N2O2/c15-7-1-6(2-8(16)3-7)13(20)9-4-11-12(5-10(9)17)19-14(21)18-11/h1-5H,(H2,18,19,21). The van der Waals surface area contributed by atoms with Crippen LogP contribution in [0.25, 0.3) is 11.0 Å². The average Bonchev–Trinajstić information content (AvgIpc) is 2.75. The molecule has 0 atom stereocenters. The van der Waals surface area contributed by atoms with Gasteiger partial charge in [0, 0.05) is 24.5 Å². The summed E-state index contributed by atoms with van der Waals surface area (Å²) in [5.74, 6) is -0.132. The second kappa shape index (κ2) is 5.55. The zero-order chi connectivity index (χ0) is 15.1. The minimum Gasteiger partial charge on any atom is -0.306 e. The van der Waals surface area contributed by atoms with E-state index >= 15 is 0 Å². The number of ketones is 1. The van der Waals surface area contributed by atoms with Gasteiger partial charge in [0.15, 0.2) is 5.78 Å². The molecule has 0 aliphatic heterocycles. The second-order valence-electron chi connectivity index (χ2n) is 4.44. The van der Waals surface area contributed by atoms with Gasteiger partial charge in [-0.25, -0.2) is 4.79 Å². The van der Waals surface area contributed by atoms with E-state index < -0.39 is 0 Å². The molecule has 4 nitrogen and oxygen atoms in total. The summed E-state index contributed by atoms with van der Waals surface area (Å²) in [5, 5.41) is 0. The van der Waals surface area contributed by atoms with E-state index in [1.807, 2.05) is 6.07 Å². The molecule has 3 aromatic rings. The van der Waals surface area contributed by atoms with E-state index in [0.29, 0.717) is 26.6 Å². The van der Waals surface area contributed by atoms with Crippen molar-refractivity contribution in [2.45, 2.75) is 0 Å². The number of aromatic amines is 2. The average molecular weight is 475 g/mol. The Morgan fingerprint density at radius 3 is 2.05 bits per heavy atom. The van der Waals surface area contributed by atoms with E-state index in [1.165, 1.54) is 0 Å². The lowest BCUT2D eigenvalue weighted by Gasteiger charge is -2.06. The Balaban J connectivity index is 2.16. The lowest BCUT2D eigenvalue weighted by Crippen LogP contribution is -2.03. The largest absolute Gasteiger partial charge is 0.323 e. The molecule has 0 saturated heterocycles. The molecule has 21 heavy (non-hydrogen) atoms. The number of hydrogen-bond donors (Lipinski definition) is 2. The van der Waals surface area contributed by atoms with Crippen molar-refractivity contribution in [3.63, 3.8) is 0 Å². The van der Waals surface area contributed by atoms with E-state index in [0.717, 1.165) is 8.95 Å². The zero-order valence-electron chi connectivity index (χ0n) is 10.3. The number of hydrogen-bond acceptors (Lipinski definition) is 2. The van der Waals surface area contributed by atoms with Gasteiger partial charge in [-0.3, -0.25) is 4.79 Å². The quantitative estimate of drug-likeness (QED) is 0.541. The fourth-order valence-corrected chi connectivity index (χ4v) is 3.89. The Morgan fingerprint density at radius 2 is 1.43 bits per heavy atom. The molecular weight excluding hydrogens is 468 g/mol. The monoisotopic (exact) mass is 472 g/mol. The highest BCUT2D eigenvalue weighted by atomic mass is 79.9. The van der Waals surface area contributed by atoms with Crippen LogP contribution in [0.5, 0.6) is 0 Å². The highest BCUT2D eigenvalue weighted by Gasteiger charge is 2.15. The van der Waals surface area contributed by atoms with Crippen molar-refractivity contribution >= 4 is 64.6 Å². The van der Waals surface area contributed by atoms with Gasteiger partial charge >= 0.3 is 5.69 Å². The van der Waals surface area contributed by atoms with Crippen molar-refractivity contribution in [2.24, 2.45) is 0 Å². The van der Waals surface area contributed by atoms with Crippen LogP contribution >= 0.6 is 47.8 Å². The van der Waals surface area contributed by atoms with Gasteiger partial charge in [0.05, 0.1) is 11.0 Å². The number of fused-ring (bicyclic) bond motifs is 1. The third-order valence-corrected chi connectivity index (χ3v) is 4.54. The molecule has 0 amide bonds. The van der Waals surface area contributed by atoms with Gasteiger partial charge in [-0.1, -0.05) is 31.9 Å². The fourth-order valence-electron chi connectivity index (χ4n) is 2.07. The Bertz CT molecular complexity index is 907. The smallest absolute Gasteiger partial charge is 0.306 e. The van der Waals surface area contributed by atoms with Gasteiger partial charge in [-0.15, -0.1) is 0 Å². The Morgan fingerprint density at radius 1 is 0.857 bits per heavy atom. The summed E-state index contributed by atoms with van der Waals surface area (Å²) in [7, 11) is 0. The van der Waals surface area contributed by atoms with Gasteiger partial charge in [0.2, 0.25) is 0 Å². The number of carbonyl (C=O) groups is 1. The third kappa shape index (κ3) is 2.90. The van der Waals surface area contributed by atoms with E-state index in [2.05, 4.69) is 57.8 Å². The Hall–Kier alpha value is -1.18. The first-order valence-electron chi connectivity index (χ1n) is 5.86. The summed E-state index contributed by atoms with van der Waals surface area (Å²) in [5.41, 5.74) is 1.99. The SMILES string of the molecule is O=C(c1cc(Br)cc(Br)c1)c1cc2[nH]c(=O)[nH]c2cc1Br. The molecular formula is C14H7Br3N2O2. The van der Waals surface area contributed by atoms with Crippen molar-refractivity contribution < 1.29 is 4.79 Å². The highest BCUT2D eigenvalue weighted by Crippen LogP contribution is 2.27. The predicted octanol–water partition coefficient (Wildman–Crippen LogP) is 4.37. The molecule has 0 unspecified atom stereocenters. The van der Waals surface area contributed by atoms with E-state index in [-0.39, 0.29) is 11.5 Å². The third-order valence-electron chi connectivity index (χ3n) is 2.97. The Kier molecular flexibility index (Phi) is 3.90. The lowest BCUT2D eigenvalue weighted by molar-refractivity contribution is 0.103. The maximum absolute atomic E-state index is 12.6. The van der Waals surface area contributed by atoms with Crippen LogP contribution in [0.1, 0.15) is 15.9 Å². The number of rotatable bonds is 2. The number of imidazole rings is 1. The zero-order valence-corrected chi connectivity index (χ0v) is 15.1. The first kappa shape index (κ1) is 14.7. The number of aromatic nitrogens is 2. The Labute approximate surface area is 144 Å². The molecule has 0 saturated carbocycles. The minimum atomic E-state index is -0.299. The molecule has 0 spiro atoms. The summed E-state index contributed by atoms with van der Waals surface area (Å²) in [6.07, 6.45) is 0. The van der Waals surface area contributed by atoms with E-state index in [4.69, 9.17) is 0 Å². The van der Waals surface area contributed by atoms with Crippen LogP contribution in [0, 0.1) is 0 Å². The molecule has 106 valence electrons. The summed E-state index contributed by atoms with van der Waals surface area (Å²) in [4.78, 5) is 29.3. The molecule has 2 N–H and O–H groups in total. The molecule has 1 heterocycles. The maximum Gasteiger partial charge on any atom is 0.323 e. The van der Waals surface area contributed by atoms with Crippen molar-refractivity contribution in [1.82, 2.24) is 9.97 Å². The molecule has 0 bridgehead atoms. The van der Waals surface area contributed by atoms with Crippen LogP contribution in [0.4, 0.5) is 0 Å². The van der Waals surface area contributed by atoms with Crippen LogP contribution in [-0.4, -0.2) is 15.8 Å². The number of H-pyrrole nitrogens is 2. The number of halogens is 3. The molecule has 7 heteroatoms. The van der Waals surface area contributed by atoms with Gasteiger partial charge < -0.3 is 9.97 Å². The van der Waals surface area contributed by atoms with Crippen molar-refractivity contribution in [3.05, 3.63) is 65.4 Å². The summed E-state index contributed by atoms with van der Waals surface area (Å²) < 4.78 is 2.26. The summed E-state index contributed by atoms with van der Waals surface area (Å²) in [6.45, 7) is 0. The van der Waals surface area contributed by atoms with Gasteiger partial charge in [-0.05, 0) is 46.3 Å². The molecule has 0 radical (unpaired) electrons. The normalized spacial score (nSPS) is 11.0. The molecule has 0 aliphatic carbocycles. The molecule has 0 aliphatic rings. The first-order valence-corrected chi connectivity index (χ1v) is 8.24. The topological polar surface area (TPSA) is 65.7 Å². The van der Waals surface area contributed by atoms with Crippen LogP contribution in [0.3, 0.4) is 0 Å². The number of carbonyl (C=O) groups excluding carboxylic acids is 1. The van der Waals surface area contributed by atoms with Crippen molar-refractivity contribution in [2.75, 3.05) is 0 Å². The van der Waals surface area contributed by atoms with Crippen molar-refractivity contribution in [1.29, 1.82) is 0 Å². The minimum absolute atomic E-state index is 0.132. The molecule has 2 aromatic carbocycles. The van der Waals surface area contributed by atoms with E-state index in [1.54, 1.807) is 24.3 Å². The molecule has 0 fully saturated rings. The fraction of sp³-hybridized carbons (Fsp3) is 0. The van der Waals surface area contributed by atoms with Crippen LogP contribution in [0.15, 0.2) is 48.5 Å². The number of benzene rings is 2. The van der Waals surface area contributed by atoms with Crippen LogP contribution in [0.2, 0.25) is 0 Å². The van der Waals surface area contributed by atoms with Crippen molar-refractivity contribution in [3.8, 4) is 0 Å². The van der Waals surface area contributed by atoms with Gasteiger partial charge in [0.1, 0.15) is 0 Å². The van der Waals surface area contributed by atoms with Gasteiger partial charge in [-0.2, -0.15) is 0 Å². The number of nitrogens with one attached hydrogen (secondary N) is 2. The van der Waals surface area contributed by atoms with E-state index in [9.17, 15) is 9.59 Å². The van der Waals surface area contributed by atoms with Crippen LogP contribution < -0.4 is 5.69 Å². The molecule has 3 rings (SSSR count). The second-order valence-corrected chi connectivity index (χ2v) is 7.13. The van der Waals surface area contributed by atoms with Crippen LogP contribution in [-0.2, 0) is 0 Å². The maximum atomic E-state index is 12.6. The molecule has 1 aromatic heterocycles. The predicted molar refractivity (Wildman–Crippen MR) is 91.9 cm³/mol. The lowest BCUT2D eigenvalue weighted by atomic mass is 10.0. The highest BCUT2D eigenvalue weighted by molar-refractivity contribution is 9.11.